The molecule has 3 aliphatic heterocycles. The van der Waals surface area contributed by atoms with Gasteiger partial charge in [-0.1, -0.05) is 0 Å². The molecule has 3 heterocycles. The molecule has 68 valence electrons. The molecule has 0 aromatic carbocycles. The van der Waals surface area contributed by atoms with Gasteiger partial charge < -0.3 is 10.1 Å². The Morgan fingerprint density at radius 1 is 1.17 bits per heavy atom. The molecule has 0 saturated carbocycles. The molecular weight excluding hydrogens is 150 g/mol. The van der Waals surface area contributed by atoms with Gasteiger partial charge in [-0.05, 0) is 37.5 Å². The summed E-state index contributed by atoms with van der Waals surface area (Å²) in [4.78, 5) is 0. The zero-order valence-corrected chi connectivity index (χ0v) is 7.51. The fourth-order valence-electron chi connectivity index (χ4n) is 3.32. The lowest BCUT2D eigenvalue weighted by molar-refractivity contribution is 0.110. The van der Waals surface area contributed by atoms with Gasteiger partial charge in [0, 0.05) is 18.7 Å². The maximum absolute atomic E-state index is 5.53. The molecule has 12 heavy (non-hydrogen) atoms. The average molecular weight is 167 g/mol. The fourth-order valence-corrected chi connectivity index (χ4v) is 3.32. The zero-order chi connectivity index (χ0) is 8.02. The van der Waals surface area contributed by atoms with E-state index in [-0.39, 0.29) is 0 Å². The molecule has 0 radical (unpaired) electrons. The molecule has 2 unspecified atom stereocenters. The van der Waals surface area contributed by atoms with Crippen LogP contribution in [0.2, 0.25) is 0 Å². The Labute approximate surface area is 73.7 Å². The average Bonchev–Trinajstić information content (AvgIpc) is 2.60. The molecule has 2 atom stereocenters. The third-order valence-corrected chi connectivity index (χ3v) is 3.88. The van der Waals surface area contributed by atoms with Gasteiger partial charge in [-0.15, -0.1) is 0 Å². The maximum Gasteiger partial charge on any atom is 0.0524 e. The van der Waals surface area contributed by atoms with Gasteiger partial charge in [-0.25, -0.2) is 0 Å². The molecule has 1 spiro atoms. The number of hydrogen-bond donors (Lipinski definition) is 1. The normalized spacial score (nSPS) is 52.0. The molecule has 0 aromatic heterocycles. The van der Waals surface area contributed by atoms with Crippen molar-refractivity contribution < 1.29 is 4.74 Å². The highest BCUT2D eigenvalue weighted by Gasteiger charge is 2.45. The van der Waals surface area contributed by atoms with Crippen molar-refractivity contribution in [1.82, 2.24) is 5.32 Å². The smallest absolute Gasteiger partial charge is 0.0524 e. The molecule has 2 bridgehead atoms. The summed E-state index contributed by atoms with van der Waals surface area (Å²) in [6.07, 6.45) is 6.90. The van der Waals surface area contributed by atoms with Crippen LogP contribution in [0.3, 0.4) is 0 Å². The minimum absolute atomic E-state index is 0.594. The second-order valence-corrected chi connectivity index (χ2v) is 4.85. The van der Waals surface area contributed by atoms with E-state index in [4.69, 9.17) is 4.74 Å². The van der Waals surface area contributed by atoms with Gasteiger partial charge in [0.15, 0.2) is 0 Å². The number of ether oxygens (including phenoxy) is 1. The highest BCUT2D eigenvalue weighted by molar-refractivity contribution is 5.00. The summed E-state index contributed by atoms with van der Waals surface area (Å²) < 4.78 is 5.53. The number of fused-ring (bicyclic) bond motifs is 2. The van der Waals surface area contributed by atoms with Crippen molar-refractivity contribution in [1.29, 1.82) is 0 Å². The molecule has 3 rings (SSSR count). The van der Waals surface area contributed by atoms with Crippen molar-refractivity contribution in [3.8, 4) is 0 Å². The molecule has 3 saturated heterocycles. The first-order valence-electron chi connectivity index (χ1n) is 5.20. The monoisotopic (exact) mass is 167 g/mol. The summed E-state index contributed by atoms with van der Waals surface area (Å²) >= 11 is 0. The van der Waals surface area contributed by atoms with Crippen LogP contribution in [0, 0.1) is 5.41 Å². The molecule has 2 nitrogen and oxygen atoms in total. The predicted octanol–water partition coefficient (Wildman–Crippen LogP) is 1.31. The van der Waals surface area contributed by atoms with Crippen LogP contribution in [0.4, 0.5) is 0 Å². The molecule has 0 aliphatic carbocycles. The van der Waals surface area contributed by atoms with Gasteiger partial charge in [0.1, 0.15) is 0 Å². The third kappa shape index (κ3) is 1.01. The second-order valence-electron chi connectivity index (χ2n) is 4.85. The Morgan fingerprint density at radius 3 is 2.50 bits per heavy atom. The number of nitrogens with one attached hydrogen (secondary N) is 1. The van der Waals surface area contributed by atoms with E-state index in [0.29, 0.717) is 5.41 Å². The van der Waals surface area contributed by atoms with E-state index in [1.165, 1.54) is 32.1 Å². The van der Waals surface area contributed by atoms with Crippen molar-refractivity contribution in [3.63, 3.8) is 0 Å². The van der Waals surface area contributed by atoms with Gasteiger partial charge >= 0.3 is 0 Å². The van der Waals surface area contributed by atoms with E-state index in [1.54, 1.807) is 0 Å². The predicted molar refractivity (Wildman–Crippen MR) is 47.0 cm³/mol. The lowest BCUT2D eigenvalue weighted by Gasteiger charge is -2.37. The van der Waals surface area contributed by atoms with E-state index >= 15 is 0 Å². The Balaban J connectivity index is 1.80. The van der Waals surface area contributed by atoms with Gasteiger partial charge in [0.05, 0.1) is 6.61 Å². The Hall–Kier alpha value is -0.0800. The Morgan fingerprint density at radius 2 is 1.92 bits per heavy atom. The highest BCUT2D eigenvalue weighted by atomic mass is 16.5. The lowest BCUT2D eigenvalue weighted by Crippen LogP contribution is -2.44. The Bertz CT molecular complexity index is 172. The van der Waals surface area contributed by atoms with Crippen LogP contribution in [0.5, 0.6) is 0 Å². The molecule has 1 N–H and O–H groups in total. The quantitative estimate of drug-likeness (QED) is 0.587. The van der Waals surface area contributed by atoms with Crippen LogP contribution >= 0.6 is 0 Å². The zero-order valence-electron chi connectivity index (χ0n) is 7.51. The van der Waals surface area contributed by atoms with Crippen molar-refractivity contribution in [2.24, 2.45) is 5.41 Å². The second kappa shape index (κ2) is 2.46. The summed E-state index contributed by atoms with van der Waals surface area (Å²) in [5, 5.41) is 3.69. The minimum Gasteiger partial charge on any atom is -0.381 e. The van der Waals surface area contributed by atoms with E-state index < -0.39 is 0 Å². The summed E-state index contributed by atoms with van der Waals surface area (Å²) in [6, 6.07) is 1.65. The summed E-state index contributed by atoms with van der Waals surface area (Å²) in [7, 11) is 0. The number of hydrogen-bond acceptors (Lipinski definition) is 2. The van der Waals surface area contributed by atoms with Crippen molar-refractivity contribution in [3.05, 3.63) is 0 Å². The number of rotatable bonds is 0. The largest absolute Gasteiger partial charge is 0.381 e. The van der Waals surface area contributed by atoms with Gasteiger partial charge in [-0.2, -0.15) is 0 Å². The minimum atomic E-state index is 0.594. The van der Waals surface area contributed by atoms with E-state index in [2.05, 4.69) is 5.32 Å². The van der Waals surface area contributed by atoms with Crippen LogP contribution in [0.15, 0.2) is 0 Å². The van der Waals surface area contributed by atoms with Gasteiger partial charge in [-0.3, -0.25) is 0 Å². The molecule has 3 fully saturated rings. The molecule has 0 aromatic rings. The molecule has 0 amide bonds. The van der Waals surface area contributed by atoms with E-state index in [1.807, 2.05) is 0 Å². The first kappa shape index (κ1) is 7.34. The lowest BCUT2D eigenvalue weighted by atomic mass is 9.75. The topological polar surface area (TPSA) is 21.3 Å². The van der Waals surface area contributed by atoms with Crippen molar-refractivity contribution >= 4 is 0 Å². The SMILES string of the molecule is C1CC2(CO1)CC1CCC(C2)N1. The van der Waals surface area contributed by atoms with E-state index in [0.717, 1.165) is 25.3 Å². The Kier molecular flexibility index (Phi) is 1.50. The van der Waals surface area contributed by atoms with Crippen LogP contribution in [-0.4, -0.2) is 25.3 Å². The molecular formula is C10H17NO. The molecule has 3 aliphatic rings. The standard InChI is InChI=1S/C10H17NO/c1-2-9-6-10(3-4-12-7-10)5-8(1)11-9/h8-9,11H,1-7H2. The first-order valence-corrected chi connectivity index (χ1v) is 5.20. The molecule has 2 heteroatoms. The van der Waals surface area contributed by atoms with Crippen LogP contribution in [0.25, 0.3) is 0 Å². The van der Waals surface area contributed by atoms with Gasteiger partial charge in [0.2, 0.25) is 0 Å². The summed E-state index contributed by atoms with van der Waals surface area (Å²) in [5.74, 6) is 0. The van der Waals surface area contributed by atoms with Gasteiger partial charge in [0.25, 0.3) is 0 Å². The van der Waals surface area contributed by atoms with Crippen molar-refractivity contribution in [2.75, 3.05) is 13.2 Å². The van der Waals surface area contributed by atoms with Crippen LogP contribution < -0.4 is 5.32 Å². The summed E-state index contributed by atoms with van der Waals surface area (Å²) in [6.45, 7) is 2.06. The van der Waals surface area contributed by atoms with Crippen LogP contribution in [-0.2, 0) is 4.74 Å². The fraction of sp³-hybridized carbons (Fsp3) is 1.00. The van der Waals surface area contributed by atoms with Crippen molar-refractivity contribution in [2.45, 2.75) is 44.2 Å². The van der Waals surface area contributed by atoms with E-state index in [9.17, 15) is 0 Å². The van der Waals surface area contributed by atoms with Crippen LogP contribution in [0.1, 0.15) is 32.1 Å². The highest BCUT2D eigenvalue weighted by Crippen LogP contribution is 2.45. The number of piperidine rings is 1. The summed E-state index contributed by atoms with van der Waals surface area (Å²) in [5.41, 5.74) is 0.594. The maximum atomic E-state index is 5.53. The first-order chi connectivity index (χ1) is 5.86. The third-order valence-electron chi connectivity index (χ3n) is 3.88.